The number of halogens is 1. The van der Waals surface area contributed by atoms with E-state index in [0.29, 0.717) is 12.2 Å². The number of carbonyl (C=O) groups is 2. The van der Waals surface area contributed by atoms with Crippen LogP contribution in [0.3, 0.4) is 0 Å². The third-order valence-electron chi connectivity index (χ3n) is 6.09. The van der Waals surface area contributed by atoms with Crippen LogP contribution in [0.2, 0.25) is 0 Å². The molecule has 2 aromatic rings. The van der Waals surface area contributed by atoms with Gasteiger partial charge in [-0.3, -0.25) is 9.59 Å². The van der Waals surface area contributed by atoms with Gasteiger partial charge in [-0.2, -0.15) is 0 Å². The minimum absolute atomic E-state index is 0.0104. The smallest absolute Gasteiger partial charge is 0.243 e. The lowest BCUT2D eigenvalue weighted by Crippen LogP contribution is -2.43. The fourth-order valence-corrected chi connectivity index (χ4v) is 4.10. The zero-order valence-electron chi connectivity index (χ0n) is 17.8. The molecule has 1 saturated heterocycles. The van der Waals surface area contributed by atoms with Gasteiger partial charge in [-0.05, 0) is 61.7 Å². The number of benzene rings is 2. The van der Waals surface area contributed by atoms with Gasteiger partial charge in [-0.15, -0.1) is 0 Å². The first-order valence-electron chi connectivity index (χ1n) is 10.8. The largest absolute Gasteiger partial charge is 0.378 e. The lowest BCUT2D eigenvalue weighted by atomic mass is 9.94. The molecule has 2 aliphatic rings. The van der Waals surface area contributed by atoms with E-state index in [1.807, 2.05) is 31.2 Å². The fraction of sp³-hybridized carbons (Fsp3) is 0.417. The first-order chi connectivity index (χ1) is 15.0. The molecule has 164 valence electrons. The maximum absolute atomic E-state index is 13.3. The first kappa shape index (κ1) is 21.3. The number of carbonyl (C=O) groups excluding carboxylic acids is 2. The molecule has 0 bridgehead atoms. The van der Waals surface area contributed by atoms with Crippen LogP contribution in [0.5, 0.6) is 0 Å². The zero-order valence-corrected chi connectivity index (χ0v) is 17.8. The van der Waals surface area contributed by atoms with Crippen molar-refractivity contribution in [2.24, 2.45) is 0 Å². The fourth-order valence-electron chi connectivity index (χ4n) is 4.10. The van der Waals surface area contributed by atoms with Crippen molar-refractivity contribution in [1.29, 1.82) is 0 Å². The number of ether oxygens (including phenoxy) is 1. The van der Waals surface area contributed by atoms with E-state index in [4.69, 9.17) is 4.74 Å². The highest BCUT2D eigenvalue weighted by atomic mass is 19.1. The minimum atomic E-state index is -0.621. The van der Waals surface area contributed by atoms with Crippen LogP contribution in [0.15, 0.2) is 48.5 Å². The molecule has 2 fully saturated rings. The summed E-state index contributed by atoms with van der Waals surface area (Å²) in [6.45, 7) is 5.44. The average Bonchev–Trinajstić information content (AvgIpc) is 3.60. The van der Waals surface area contributed by atoms with Gasteiger partial charge in [0.25, 0.3) is 0 Å². The second-order valence-corrected chi connectivity index (χ2v) is 8.10. The highest BCUT2D eigenvalue weighted by molar-refractivity contribution is 5.97. The zero-order chi connectivity index (χ0) is 21.8. The van der Waals surface area contributed by atoms with Gasteiger partial charge in [-0.1, -0.05) is 12.1 Å². The number of nitrogens with one attached hydrogen (secondary N) is 1. The topological polar surface area (TPSA) is 61.9 Å². The summed E-state index contributed by atoms with van der Waals surface area (Å²) in [6, 6.07) is 13.8. The Balaban J connectivity index is 1.36. The molecule has 31 heavy (non-hydrogen) atoms. The summed E-state index contributed by atoms with van der Waals surface area (Å²) in [6.07, 6.45) is 1.44. The van der Waals surface area contributed by atoms with Gasteiger partial charge in [-0.25, -0.2) is 4.39 Å². The average molecular weight is 426 g/mol. The Hall–Kier alpha value is -2.93. The van der Waals surface area contributed by atoms with Crippen molar-refractivity contribution >= 4 is 23.2 Å². The minimum Gasteiger partial charge on any atom is -0.378 e. The number of anilines is 2. The Labute approximate surface area is 182 Å². The SMILES string of the molecule is CCN(CC(=O)Nc1ccc(N2CCOCC2)cc1)C(=O)C1(c2ccc(F)cc2)CC1. The Morgan fingerprint density at radius 1 is 1.06 bits per heavy atom. The molecule has 1 aliphatic heterocycles. The van der Waals surface area contributed by atoms with E-state index in [1.54, 1.807) is 17.0 Å². The summed E-state index contributed by atoms with van der Waals surface area (Å²) in [4.78, 5) is 29.6. The molecule has 0 unspecified atom stereocenters. The Kier molecular flexibility index (Phi) is 6.23. The lowest BCUT2D eigenvalue weighted by Gasteiger charge is -2.29. The number of nitrogens with zero attached hydrogens (tertiary/aromatic N) is 2. The van der Waals surface area contributed by atoms with Crippen LogP contribution >= 0.6 is 0 Å². The van der Waals surface area contributed by atoms with E-state index >= 15 is 0 Å². The summed E-state index contributed by atoms with van der Waals surface area (Å²) >= 11 is 0. The molecule has 0 spiro atoms. The second kappa shape index (κ2) is 9.06. The van der Waals surface area contributed by atoms with Gasteiger partial charge >= 0.3 is 0 Å². The van der Waals surface area contributed by atoms with Crippen molar-refractivity contribution in [3.63, 3.8) is 0 Å². The van der Waals surface area contributed by atoms with E-state index in [2.05, 4.69) is 10.2 Å². The monoisotopic (exact) mass is 425 g/mol. The predicted octanol–water partition coefficient (Wildman–Crippen LogP) is 3.18. The number of hydrogen-bond donors (Lipinski definition) is 1. The third kappa shape index (κ3) is 4.71. The van der Waals surface area contributed by atoms with Crippen LogP contribution in [0, 0.1) is 5.82 Å². The molecule has 0 atom stereocenters. The molecule has 1 aliphatic carbocycles. The van der Waals surface area contributed by atoms with Gasteiger partial charge in [0.15, 0.2) is 0 Å². The molecule has 0 aromatic heterocycles. The number of hydrogen-bond acceptors (Lipinski definition) is 4. The third-order valence-corrected chi connectivity index (χ3v) is 6.09. The number of amides is 2. The Morgan fingerprint density at radius 2 is 1.71 bits per heavy atom. The van der Waals surface area contributed by atoms with E-state index < -0.39 is 5.41 Å². The summed E-state index contributed by atoms with van der Waals surface area (Å²) in [7, 11) is 0. The number of rotatable bonds is 7. The van der Waals surface area contributed by atoms with Crippen LogP contribution in [0.4, 0.5) is 15.8 Å². The van der Waals surface area contributed by atoms with Gasteiger partial charge in [0, 0.05) is 31.0 Å². The molecule has 4 rings (SSSR count). The summed E-state index contributed by atoms with van der Waals surface area (Å²) in [5.74, 6) is -0.623. The van der Waals surface area contributed by atoms with E-state index in [9.17, 15) is 14.0 Å². The maximum atomic E-state index is 13.3. The van der Waals surface area contributed by atoms with Crippen molar-refractivity contribution in [2.75, 3.05) is 49.6 Å². The van der Waals surface area contributed by atoms with Crippen molar-refractivity contribution in [2.45, 2.75) is 25.2 Å². The van der Waals surface area contributed by atoms with E-state index in [-0.39, 0.29) is 24.2 Å². The molecule has 1 N–H and O–H groups in total. The summed E-state index contributed by atoms with van der Waals surface area (Å²) in [5.41, 5.74) is 1.99. The van der Waals surface area contributed by atoms with Crippen LogP contribution in [0.25, 0.3) is 0 Å². The molecule has 1 saturated carbocycles. The molecule has 6 nitrogen and oxygen atoms in total. The highest BCUT2D eigenvalue weighted by Gasteiger charge is 2.52. The molecular formula is C24H28FN3O3. The predicted molar refractivity (Wildman–Crippen MR) is 118 cm³/mol. The molecular weight excluding hydrogens is 397 g/mol. The Morgan fingerprint density at radius 3 is 2.29 bits per heavy atom. The normalized spacial score (nSPS) is 17.2. The summed E-state index contributed by atoms with van der Waals surface area (Å²) in [5, 5.41) is 2.89. The second-order valence-electron chi connectivity index (χ2n) is 8.10. The van der Waals surface area contributed by atoms with Crippen LogP contribution in [-0.2, 0) is 19.7 Å². The molecule has 1 heterocycles. The van der Waals surface area contributed by atoms with Gasteiger partial charge in [0.1, 0.15) is 5.82 Å². The van der Waals surface area contributed by atoms with Gasteiger partial charge in [0.05, 0.1) is 25.2 Å². The standard InChI is InChI=1S/C24H28FN3O3/c1-2-27(23(30)24(11-12-24)18-3-5-19(25)6-4-18)17-22(29)26-20-7-9-21(10-8-20)28-13-15-31-16-14-28/h3-10H,2,11-17H2,1H3,(H,26,29). The van der Waals surface area contributed by atoms with Crippen molar-refractivity contribution in [3.05, 3.63) is 59.9 Å². The summed E-state index contributed by atoms with van der Waals surface area (Å²) < 4.78 is 18.7. The lowest BCUT2D eigenvalue weighted by molar-refractivity contribution is -0.136. The number of morpholine rings is 1. The first-order valence-corrected chi connectivity index (χ1v) is 10.8. The van der Waals surface area contributed by atoms with E-state index in [0.717, 1.165) is 50.4 Å². The quantitative estimate of drug-likeness (QED) is 0.740. The van der Waals surface area contributed by atoms with E-state index in [1.165, 1.54) is 12.1 Å². The Bertz CT molecular complexity index is 920. The van der Waals surface area contributed by atoms with Gasteiger partial charge < -0.3 is 19.9 Å². The highest BCUT2D eigenvalue weighted by Crippen LogP contribution is 2.49. The van der Waals surface area contributed by atoms with Crippen LogP contribution in [-0.4, -0.2) is 56.1 Å². The maximum Gasteiger partial charge on any atom is 0.243 e. The molecule has 7 heteroatoms. The van der Waals surface area contributed by atoms with Crippen LogP contribution < -0.4 is 10.2 Å². The molecule has 2 aromatic carbocycles. The molecule has 0 radical (unpaired) electrons. The molecule has 2 amide bonds. The van der Waals surface area contributed by atoms with Gasteiger partial charge in [0.2, 0.25) is 11.8 Å². The van der Waals surface area contributed by atoms with Crippen molar-refractivity contribution in [3.8, 4) is 0 Å². The van der Waals surface area contributed by atoms with Crippen LogP contribution in [0.1, 0.15) is 25.3 Å². The van der Waals surface area contributed by atoms with Crippen molar-refractivity contribution in [1.82, 2.24) is 4.90 Å². The van der Waals surface area contributed by atoms with Crippen molar-refractivity contribution < 1.29 is 18.7 Å². The number of likely N-dealkylation sites (N-methyl/N-ethyl adjacent to an activating group) is 1.